The van der Waals surface area contributed by atoms with Crippen LogP contribution in [0.5, 0.6) is 11.5 Å². The molecule has 0 saturated carbocycles. The van der Waals surface area contributed by atoms with Gasteiger partial charge in [0.2, 0.25) is 0 Å². The van der Waals surface area contributed by atoms with E-state index in [1.54, 1.807) is 23.8 Å². The number of esters is 1. The fraction of sp³-hybridized carbons (Fsp3) is 0.176. The van der Waals surface area contributed by atoms with Crippen LogP contribution in [0.25, 0.3) is 10.8 Å². The van der Waals surface area contributed by atoms with Crippen molar-refractivity contribution in [2.24, 2.45) is 0 Å². The second kappa shape index (κ2) is 6.37. The Labute approximate surface area is 141 Å². The lowest BCUT2D eigenvalue weighted by Gasteiger charge is -2.25. The molecule has 0 spiro atoms. The number of fused-ring (bicyclic) bond motifs is 1. The van der Waals surface area contributed by atoms with Crippen LogP contribution in [0.3, 0.4) is 0 Å². The number of nitrogens with zero attached hydrogens (tertiary/aromatic N) is 1. The maximum atomic E-state index is 12.1. The molecule has 0 aliphatic carbocycles. The number of carbonyl (C=O) groups is 1. The van der Waals surface area contributed by atoms with Gasteiger partial charge in [0.25, 0.3) is 0 Å². The molecule has 0 bridgehead atoms. The first-order valence-electron chi connectivity index (χ1n) is 7.34. The summed E-state index contributed by atoms with van der Waals surface area (Å²) < 4.78 is 21.9. The van der Waals surface area contributed by atoms with Gasteiger partial charge in [0.1, 0.15) is 13.2 Å². The van der Waals surface area contributed by atoms with Gasteiger partial charge in [-0.3, -0.25) is 0 Å². The number of aromatic nitrogens is 1. The molecule has 4 rings (SSSR count). The number of para-hydroxylation sites is 2. The van der Waals surface area contributed by atoms with E-state index in [1.165, 1.54) is 11.3 Å². The Morgan fingerprint density at radius 3 is 2.96 bits per heavy atom. The highest BCUT2D eigenvalue weighted by atomic mass is 32.1. The third-order valence-electron chi connectivity index (χ3n) is 3.41. The minimum atomic E-state index is -0.494. The second-order valence-electron chi connectivity index (χ2n) is 5.11. The molecule has 0 saturated heterocycles. The van der Waals surface area contributed by atoms with Crippen LogP contribution in [-0.2, 0) is 4.74 Å². The van der Waals surface area contributed by atoms with Crippen molar-refractivity contribution in [3.05, 3.63) is 53.7 Å². The molecule has 7 heteroatoms. The number of carbonyl (C=O) groups excluding carboxylic acids is 1. The molecule has 6 nitrogen and oxygen atoms in total. The van der Waals surface area contributed by atoms with E-state index in [2.05, 4.69) is 4.98 Å². The Kier molecular flexibility index (Phi) is 3.92. The van der Waals surface area contributed by atoms with Crippen LogP contribution >= 0.6 is 11.3 Å². The highest BCUT2D eigenvalue weighted by Crippen LogP contribution is 2.31. The van der Waals surface area contributed by atoms with Crippen molar-refractivity contribution in [3.63, 3.8) is 0 Å². The van der Waals surface area contributed by atoms with E-state index in [-0.39, 0.29) is 18.4 Å². The van der Waals surface area contributed by atoms with Gasteiger partial charge in [-0.2, -0.15) is 0 Å². The first kappa shape index (κ1) is 14.8. The quantitative estimate of drug-likeness (QED) is 0.676. The first-order valence-corrected chi connectivity index (χ1v) is 8.22. The van der Waals surface area contributed by atoms with E-state index in [9.17, 15) is 4.79 Å². The van der Waals surface area contributed by atoms with Crippen molar-refractivity contribution in [1.29, 1.82) is 0 Å². The highest BCUT2D eigenvalue weighted by molar-refractivity contribution is 7.13. The average Bonchev–Trinajstić information content (AvgIpc) is 3.30. The molecule has 3 heterocycles. The molecule has 1 aromatic carbocycles. The Balaban J connectivity index is 1.36. The molecule has 24 heavy (non-hydrogen) atoms. The van der Waals surface area contributed by atoms with Crippen LogP contribution < -0.4 is 9.47 Å². The Hall–Kier alpha value is -2.80. The molecule has 3 aromatic rings. The van der Waals surface area contributed by atoms with E-state index >= 15 is 0 Å². The summed E-state index contributed by atoms with van der Waals surface area (Å²) in [6, 6.07) is 11.0. The van der Waals surface area contributed by atoms with Crippen LogP contribution in [0, 0.1) is 0 Å². The van der Waals surface area contributed by atoms with Gasteiger partial charge in [-0.25, -0.2) is 9.78 Å². The van der Waals surface area contributed by atoms with E-state index in [1.807, 2.05) is 24.3 Å². The third kappa shape index (κ3) is 2.98. The average molecular weight is 343 g/mol. The maximum absolute atomic E-state index is 12.1. The molecule has 122 valence electrons. The maximum Gasteiger partial charge on any atom is 0.357 e. The summed E-state index contributed by atoms with van der Waals surface area (Å²) >= 11 is 1.33. The van der Waals surface area contributed by atoms with Crippen molar-refractivity contribution in [1.82, 2.24) is 4.98 Å². The summed E-state index contributed by atoms with van der Waals surface area (Å²) in [5.74, 6) is 1.48. The van der Waals surface area contributed by atoms with E-state index in [0.29, 0.717) is 28.9 Å². The van der Waals surface area contributed by atoms with E-state index in [0.717, 1.165) is 0 Å². The molecule has 0 N–H and O–H groups in total. The van der Waals surface area contributed by atoms with Crippen LogP contribution in [0.1, 0.15) is 10.5 Å². The lowest BCUT2D eigenvalue weighted by Crippen LogP contribution is -2.34. The van der Waals surface area contributed by atoms with Gasteiger partial charge in [0.05, 0.1) is 6.26 Å². The molecule has 1 aliphatic rings. The van der Waals surface area contributed by atoms with Gasteiger partial charge in [0, 0.05) is 5.38 Å². The van der Waals surface area contributed by atoms with E-state index in [4.69, 9.17) is 18.6 Å². The molecule has 0 amide bonds. The van der Waals surface area contributed by atoms with Crippen LogP contribution in [-0.4, -0.2) is 30.3 Å². The van der Waals surface area contributed by atoms with Gasteiger partial charge in [-0.05, 0) is 24.3 Å². The zero-order valence-electron chi connectivity index (χ0n) is 12.5. The van der Waals surface area contributed by atoms with Gasteiger partial charge in [-0.15, -0.1) is 11.3 Å². The van der Waals surface area contributed by atoms with Crippen molar-refractivity contribution in [3.8, 4) is 22.3 Å². The number of hydrogen-bond acceptors (Lipinski definition) is 7. The Morgan fingerprint density at radius 2 is 2.12 bits per heavy atom. The number of hydrogen-bond donors (Lipinski definition) is 0. The fourth-order valence-corrected chi connectivity index (χ4v) is 3.02. The van der Waals surface area contributed by atoms with Crippen LogP contribution in [0.15, 0.2) is 52.5 Å². The summed E-state index contributed by atoms with van der Waals surface area (Å²) in [6.07, 6.45) is 1.22. The predicted molar refractivity (Wildman–Crippen MR) is 86.5 cm³/mol. The minimum Gasteiger partial charge on any atom is -0.486 e. The predicted octanol–water partition coefficient (Wildman–Crippen LogP) is 3.40. The normalized spacial score (nSPS) is 15.9. The molecular weight excluding hydrogens is 330 g/mol. The third-order valence-corrected chi connectivity index (χ3v) is 4.27. The number of ether oxygens (including phenoxy) is 3. The summed E-state index contributed by atoms with van der Waals surface area (Å²) in [4.78, 5) is 16.3. The molecule has 1 aliphatic heterocycles. The Bertz CT molecular complexity index is 842. The first-order chi connectivity index (χ1) is 11.8. The summed E-state index contributed by atoms with van der Waals surface area (Å²) in [5, 5.41) is 2.28. The zero-order valence-corrected chi connectivity index (χ0v) is 13.3. The molecule has 1 atom stereocenters. The molecule has 1 unspecified atom stereocenters. The van der Waals surface area contributed by atoms with Crippen molar-refractivity contribution < 1.29 is 23.4 Å². The Morgan fingerprint density at radius 1 is 1.25 bits per heavy atom. The van der Waals surface area contributed by atoms with Gasteiger partial charge in [-0.1, -0.05) is 12.1 Å². The fourth-order valence-electron chi connectivity index (χ4n) is 2.27. The standard InChI is InChI=1S/C17H13NO5S/c19-17(12-10-24-16(18-12)15-6-3-7-20-15)22-9-11-8-21-13-4-1-2-5-14(13)23-11/h1-7,10-11H,8-9H2. The molecule has 2 aromatic heterocycles. The van der Waals surface area contributed by atoms with Crippen LogP contribution in [0.2, 0.25) is 0 Å². The van der Waals surface area contributed by atoms with Crippen molar-refractivity contribution >= 4 is 17.3 Å². The second-order valence-corrected chi connectivity index (χ2v) is 5.97. The summed E-state index contributed by atoms with van der Waals surface area (Å²) in [7, 11) is 0. The SMILES string of the molecule is O=C(OCC1COc2ccccc2O1)c1csc(-c2ccco2)n1. The number of thiazole rings is 1. The van der Waals surface area contributed by atoms with Gasteiger partial charge < -0.3 is 18.6 Å². The topological polar surface area (TPSA) is 70.8 Å². The smallest absolute Gasteiger partial charge is 0.357 e. The molecule has 0 radical (unpaired) electrons. The minimum absolute atomic E-state index is 0.0980. The number of benzene rings is 1. The summed E-state index contributed by atoms with van der Waals surface area (Å²) in [5.41, 5.74) is 0.253. The van der Waals surface area contributed by atoms with Crippen molar-refractivity contribution in [2.75, 3.05) is 13.2 Å². The van der Waals surface area contributed by atoms with Crippen molar-refractivity contribution in [2.45, 2.75) is 6.10 Å². The highest BCUT2D eigenvalue weighted by Gasteiger charge is 2.23. The van der Waals surface area contributed by atoms with Gasteiger partial charge >= 0.3 is 5.97 Å². The van der Waals surface area contributed by atoms with Gasteiger partial charge in [0.15, 0.2) is 34.1 Å². The molecule has 0 fully saturated rings. The monoisotopic (exact) mass is 343 g/mol. The molecular formula is C17H13NO5S. The number of furan rings is 1. The lowest BCUT2D eigenvalue weighted by atomic mass is 10.3. The van der Waals surface area contributed by atoms with E-state index < -0.39 is 5.97 Å². The summed E-state index contributed by atoms with van der Waals surface area (Å²) in [6.45, 7) is 0.430. The number of rotatable bonds is 4. The zero-order chi connectivity index (χ0) is 16.4. The lowest BCUT2D eigenvalue weighted by molar-refractivity contribution is 0.0106. The largest absolute Gasteiger partial charge is 0.486 e. The van der Waals surface area contributed by atoms with Crippen LogP contribution in [0.4, 0.5) is 0 Å².